The van der Waals surface area contributed by atoms with Crippen LogP contribution in [-0.2, 0) is 11.3 Å². The molecule has 1 aliphatic carbocycles. The Balaban J connectivity index is 0.00000149. The first-order chi connectivity index (χ1) is 16.1. The number of aliphatic hydroxyl groups excluding tert-OH is 1. The summed E-state index contributed by atoms with van der Waals surface area (Å²) < 4.78 is 0. The second-order valence-corrected chi connectivity index (χ2v) is 8.93. The van der Waals surface area contributed by atoms with Crippen molar-refractivity contribution in [1.29, 1.82) is 0 Å². The van der Waals surface area contributed by atoms with Gasteiger partial charge in [-0.15, -0.1) is 0 Å². The topological polar surface area (TPSA) is 81.7 Å². The molecule has 6 nitrogen and oxygen atoms in total. The Hall–Kier alpha value is -2.86. The summed E-state index contributed by atoms with van der Waals surface area (Å²) in [5.41, 5.74) is 1.77. The molecule has 3 N–H and O–H groups in total. The highest BCUT2D eigenvalue weighted by Gasteiger charge is 2.54. The van der Waals surface area contributed by atoms with Gasteiger partial charge in [-0.25, -0.2) is 4.79 Å². The van der Waals surface area contributed by atoms with Crippen LogP contribution in [0.1, 0.15) is 57.4 Å². The molecule has 1 aliphatic heterocycles. The first kappa shape index (κ1) is 24.8. The minimum Gasteiger partial charge on any atom is -0.400 e. The second-order valence-electron chi connectivity index (χ2n) is 8.93. The summed E-state index contributed by atoms with van der Waals surface area (Å²) >= 11 is 0. The predicted octanol–water partition coefficient (Wildman–Crippen LogP) is 4.95. The summed E-state index contributed by atoms with van der Waals surface area (Å²) in [6.07, 6.45) is 6.66. The normalized spacial score (nSPS) is 23.7. The van der Waals surface area contributed by atoms with Crippen molar-refractivity contribution in [2.75, 3.05) is 12.4 Å². The zero-order valence-corrected chi connectivity index (χ0v) is 19.8. The van der Waals surface area contributed by atoms with Gasteiger partial charge >= 0.3 is 6.03 Å². The number of rotatable bonds is 6. The monoisotopic (exact) mass is 451 g/mol. The Labute approximate surface area is 197 Å². The lowest BCUT2D eigenvalue weighted by Gasteiger charge is -2.42. The maximum Gasteiger partial charge on any atom is 0.322 e. The quantitative estimate of drug-likeness (QED) is 0.581. The van der Waals surface area contributed by atoms with Gasteiger partial charge in [-0.05, 0) is 49.3 Å². The van der Waals surface area contributed by atoms with Gasteiger partial charge in [0.1, 0.15) is 0 Å². The van der Waals surface area contributed by atoms with E-state index in [2.05, 4.69) is 22.5 Å². The van der Waals surface area contributed by atoms with E-state index in [1.54, 1.807) is 0 Å². The number of hydrogen-bond acceptors (Lipinski definition) is 3. The second kappa shape index (κ2) is 11.8. The summed E-state index contributed by atoms with van der Waals surface area (Å²) in [6.45, 7) is 2.75. The number of amides is 3. The molecule has 1 heterocycles. The average Bonchev–Trinajstić information content (AvgIpc) is 3.43. The van der Waals surface area contributed by atoms with Crippen LogP contribution < -0.4 is 10.6 Å². The molecule has 3 amide bonds. The molecule has 2 aromatic carbocycles. The van der Waals surface area contributed by atoms with Crippen LogP contribution in [-0.4, -0.2) is 40.6 Å². The van der Waals surface area contributed by atoms with Crippen molar-refractivity contribution in [3.8, 4) is 0 Å². The molecular formula is C27H37N3O3. The molecule has 33 heavy (non-hydrogen) atoms. The molecule has 2 unspecified atom stereocenters. The molecule has 1 saturated heterocycles. The van der Waals surface area contributed by atoms with Crippen molar-refractivity contribution in [1.82, 2.24) is 10.2 Å². The van der Waals surface area contributed by atoms with Gasteiger partial charge in [0.15, 0.2) is 0 Å². The maximum atomic E-state index is 13.5. The molecule has 0 radical (unpaired) electrons. The van der Waals surface area contributed by atoms with E-state index in [-0.39, 0.29) is 23.5 Å². The van der Waals surface area contributed by atoms with Gasteiger partial charge in [-0.2, -0.15) is 0 Å². The standard InChI is InChI=1S/C26H33N3O2.CH4O/c1-2-21-12-9-16-26(21)17-15-23(18-24(30)27-19-20-10-5-3-6-11-20)29(26)25(31)28-22-13-7-4-8-14-22;1-2/h3-8,10-11,13-14,21,23H,2,9,12,15-19H2,1H3,(H,27,30)(H,28,31);2H,1H3/t21-,23?,26?;/m1./s1. The molecule has 4 rings (SSSR count). The number of carbonyl (C=O) groups excluding carboxylic acids is 2. The molecule has 0 aromatic heterocycles. The van der Waals surface area contributed by atoms with E-state index in [1.165, 1.54) is 6.42 Å². The van der Waals surface area contributed by atoms with E-state index in [0.717, 1.165) is 50.5 Å². The van der Waals surface area contributed by atoms with Crippen LogP contribution in [0.25, 0.3) is 0 Å². The van der Waals surface area contributed by atoms with E-state index in [0.29, 0.717) is 18.9 Å². The molecule has 3 atom stereocenters. The first-order valence-corrected chi connectivity index (χ1v) is 12.0. The zero-order chi connectivity index (χ0) is 23.7. The summed E-state index contributed by atoms with van der Waals surface area (Å²) in [5, 5.41) is 13.1. The van der Waals surface area contributed by atoms with Crippen molar-refractivity contribution in [3.05, 3.63) is 66.2 Å². The molecule has 178 valence electrons. The Kier molecular flexibility index (Phi) is 8.89. The van der Waals surface area contributed by atoms with Crippen molar-refractivity contribution < 1.29 is 14.7 Å². The highest BCUT2D eigenvalue weighted by atomic mass is 16.2. The highest BCUT2D eigenvalue weighted by molar-refractivity contribution is 5.91. The molecule has 2 aromatic rings. The SMILES string of the molecule is CC[C@@H]1CCCC12CCC(CC(=O)NCc1ccccc1)N2C(=O)Nc1ccccc1.CO. The van der Waals surface area contributed by atoms with Crippen LogP contribution >= 0.6 is 0 Å². The van der Waals surface area contributed by atoms with E-state index in [4.69, 9.17) is 5.11 Å². The Morgan fingerprint density at radius 3 is 2.33 bits per heavy atom. The third kappa shape index (κ3) is 5.74. The van der Waals surface area contributed by atoms with Crippen molar-refractivity contribution in [2.24, 2.45) is 5.92 Å². The van der Waals surface area contributed by atoms with Gasteiger partial charge in [-0.3, -0.25) is 4.79 Å². The molecule has 1 spiro atoms. The number of benzene rings is 2. The van der Waals surface area contributed by atoms with Gasteiger partial charge in [0.2, 0.25) is 5.91 Å². The lowest BCUT2D eigenvalue weighted by molar-refractivity contribution is -0.122. The van der Waals surface area contributed by atoms with Gasteiger partial charge in [-0.1, -0.05) is 68.3 Å². The zero-order valence-electron chi connectivity index (χ0n) is 19.8. The van der Waals surface area contributed by atoms with Crippen LogP contribution in [0.2, 0.25) is 0 Å². The summed E-state index contributed by atoms with van der Waals surface area (Å²) in [6, 6.07) is 19.4. The number of nitrogens with one attached hydrogen (secondary N) is 2. The van der Waals surface area contributed by atoms with E-state index < -0.39 is 0 Å². The number of anilines is 1. The van der Waals surface area contributed by atoms with Crippen molar-refractivity contribution in [2.45, 2.75) is 70.0 Å². The largest absolute Gasteiger partial charge is 0.400 e. The van der Waals surface area contributed by atoms with Crippen LogP contribution in [0.5, 0.6) is 0 Å². The van der Waals surface area contributed by atoms with Crippen molar-refractivity contribution >= 4 is 17.6 Å². The number of urea groups is 1. The van der Waals surface area contributed by atoms with Crippen molar-refractivity contribution in [3.63, 3.8) is 0 Å². The molecule has 0 bridgehead atoms. The molecular weight excluding hydrogens is 414 g/mol. The summed E-state index contributed by atoms with van der Waals surface area (Å²) in [7, 11) is 1.00. The number of likely N-dealkylation sites (tertiary alicyclic amines) is 1. The van der Waals surface area contributed by atoms with Crippen LogP contribution in [0.3, 0.4) is 0 Å². The third-order valence-electron chi connectivity index (χ3n) is 7.17. The molecule has 2 fully saturated rings. The van der Waals surface area contributed by atoms with Crippen LogP contribution in [0.15, 0.2) is 60.7 Å². The van der Waals surface area contributed by atoms with Gasteiger partial charge in [0, 0.05) is 37.3 Å². The minimum absolute atomic E-state index is 0.00876. The number of carbonyl (C=O) groups is 2. The van der Waals surface area contributed by atoms with Gasteiger partial charge in [0.25, 0.3) is 0 Å². The fourth-order valence-corrected chi connectivity index (χ4v) is 5.74. The van der Waals surface area contributed by atoms with Crippen LogP contribution in [0, 0.1) is 5.92 Å². The lowest BCUT2D eigenvalue weighted by atomic mass is 9.83. The summed E-state index contributed by atoms with van der Waals surface area (Å²) in [5.74, 6) is 0.515. The number of hydrogen-bond donors (Lipinski definition) is 3. The highest BCUT2D eigenvalue weighted by Crippen LogP contribution is 2.51. The van der Waals surface area contributed by atoms with Gasteiger partial charge < -0.3 is 20.6 Å². The van der Waals surface area contributed by atoms with E-state index >= 15 is 0 Å². The maximum absolute atomic E-state index is 13.5. The Morgan fingerprint density at radius 2 is 1.67 bits per heavy atom. The minimum atomic E-state index is -0.113. The third-order valence-corrected chi connectivity index (χ3v) is 7.17. The molecule has 2 aliphatic rings. The predicted molar refractivity (Wildman–Crippen MR) is 132 cm³/mol. The number of aliphatic hydroxyl groups is 1. The Bertz CT molecular complexity index is 890. The lowest BCUT2D eigenvalue weighted by Crippen LogP contribution is -2.55. The first-order valence-electron chi connectivity index (χ1n) is 12.0. The summed E-state index contributed by atoms with van der Waals surface area (Å²) in [4.78, 5) is 28.3. The van der Waals surface area contributed by atoms with E-state index in [9.17, 15) is 9.59 Å². The molecule has 1 saturated carbocycles. The number of nitrogens with zero attached hydrogens (tertiary/aromatic N) is 1. The fourth-order valence-electron chi connectivity index (χ4n) is 5.74. The smallest absolute Gasteiger partial charge is 0.322 e. The van der Waals surface area contributed by atoms with E-state index in [1.807, 2.05) is 60.7 Å². The van der Waals surface area contributed by atoms with Gasteiger partial charge in [0.05, 0.1) is 0 Å². The van der Waals surface area contributed by atoms with Crippen LogP contribution in [0.4, 0.5) is 10.5 Å². The molecule has 6 heteroatoms. The average molecular weight is 452 g/mol. The Morgan fingerprint density at radius 1 is 1.00 bits per heavy atom. The number of para-hydroxylation sites is 1. The fraction of sp³-hybridized carbons (Fsp3) is 0.481.